The predicted octanol–water partition coefficient (Wildman–Crippen LogP) is 6.88. The normalized spacial score (nSPS) is 14.8. The molecular weight excluding hydrogens is 488 g/mol. The molecule has 3 rings (SSSR count). The number of ether oxygens (including phenoxy) is 2. The topological polar surface area (TPSA) is 79.6 Å². The van der Waals surface area contributed by atoms with Crippen LogP contribution in [0.25, 0.3) is 6.08 Å². The zero-order valence-corrected chi connectivity index (χ0v) is 22.4. The zero-order valence-electron chi connectivity index (χ0n) is 21.7. The van der Waals surface area contributed by atoms with E-state index in [-0.39, 0.29) is 17.7 Å². The molecule has 0 aromatic heterocycles. The second-order valence-electron chi connectivity index (χ2n) is 8.86. The van der Waals surface area contributed by atoms with Gasteiger partial charge in [-0.1, -0.05) is 68.5 Å². The molecule has 0 bridgehead atoms. The van der Waals surface area contributed by atoms with Crippen LogP contribution in [0.2, 0.25) is 5.02 Å². The van der Waals surface area contributed by atoms with Crippen molar-refractivity contribution in [2.45, 2.75) is 59.4 Å². The monoisotopic (exact) mass is 520 g/mol. The fourth-order valence-electron chi connectivity index (χ4n) is 4.13. The van der Waals surface area contributed by atoms with Crippen LogP contribution in [-0.2, 0) is 16.1 Å². The van der Waals surface area contributed by atoms with E-state index in [1.54, 1.807) is 37.3 Å². The Hall–Kier alpha value is -3.56. The van der Waals surface area contributed by atoms with Crippen molar-refractivity contribution in [3.8, 4) is 17.6 Å². The SMILES string of the molecule is CCCCCCCOc1ccc(/C=C2/C(=O)N(Cc3ccccc3Cl)C(=O)C(C#N)=C2C)cc1OCC. The first-order chi connectivity index (χ1) is 17.9. The highest BCUT2D eigenvalue weighted by molar-refractivity contribution is 6.31. The lowest BCUT2D eigenvalue weighted by Gasteiger charge is -2.27. The third-order valence-corrected chi connectivity index (χ3v) is 6.56. The summed E-state index contributed by atoms with van der Waals surface area (Å²) in [6.45, 7) is 6.75. The molecule has 2 aromatic rings. The summed E-state index contributed by atoms with van der Waals surface area (Å²) < 4.78 is 11.8. The van der Waals surface area contributed by atoms with Crippen molar-refractivity contribution in [3.05, 3.63) is 75.3 Å². The van der Waals surface area contributed by atoms with Crippen LogP contribution in [0.1, 0.15) is 64.0 Å². The lowest BCUT2D eigenvalue weighted by molar-refractivity contribution is -0.141. The van der Waals surface area contributed by atoms with Gasteiger partial charge in [-0.15, -0.1) is 0 Å². The van der Waals surface area contributed by atoms with E-state index in [4.69, 9.17) is 21.1 Å². The zero-order chi connectivity index (χ0) is 26.8. The van der Waals surface area contributed by atoms with Gasteiger partial charge < -0.3 is 9.47 Å². The first-order valence-electron chi connectivity index (χ1n) is 12.7. The molecule has 0 N–H and O–H groups in total. The number of amides is 2. The molecular formula is C30H33ClN2O4. The van der Waals surface area contributed by atoms with E-state index in [0.717, 1.165) is 17.7 Å². The molecule has 0 saturated heterocycles. The molecule has 194 valence electrons. The minimum atomic E-state index is -0.625. The van der Waals surface area contributed by atoms with E-state index >= 15 is 0 Å². The van der Waals surface area contributed by atoms with Crippen molar-refractivity contribution in [2.24, 2.45) is 0 Å². The summed E-state index contributed by atoms with van der Waals surface area (Å²) in [5.41, 5.74) is 1.88. The third kappa shape index (κ3) is 7.02. The number of imide groups is 1. The fourth-order valence-corrected chi connectivity index (χ4v) is 4.32. The van der Waals surface area contributed by atoms with Gasteiger partial charge in [-0.25, -0.2) is 0 Å². The van der Waals surface area contributed by atoms with Crippen LogP contribution < -0.4 is 9.47 Å². The Labute approximate surface area is 224 Å². The molecule has 0 spiro atoms. The lowest BCUT2D eigenvalue weighted by atomic mass is 9.93. The molecule has 1 heterocycles. The Kier molecular flexibility index (Phi) is 10.3. The second kappa shape index (κ2) is 13.7. The molecule has 0 atom stereocenters. The smallest absolute Gasteiger partial charge is 0.271 e. The highest BCUT2D eigenvalue weighted by Gasteiger charge is 2.35. The van der Waals surface area contributed by atoms with Gasteiger partial charge in [0, 0.05) is 10.6 Å². The third-order valence-electron chi connectivity index (χ3n) is 6.20. The van der Waals surface area contributed by atoms with E-state index in [1.807, 2.05) is 31.2 Å². The van der Waals surface area contributed by atoms with E-state index < -0.39 is 11.8 Å². The average molecular weight is 521 g/mol. The maximum Gasteiger partial charge on any atom is 0.271 e. The maximum atomic E-state index is 13.4. The van der Waals surface area contributed by atoms with E-state index in [0.29, 0.717) is 46.4 Å². The summed E-state index contributed by atoms with van der Waals surface area (Å²) in [7, 11) is 0. The Morgan fingerprint density at radius 1 is 0.973 bits per heavy atom. The minimum absolute atomic E-state index is 0.0254. The number of nitriles is 1. The Morgan fingerprint density at radius 2 is 1.73 bits per heavy atom. The van der Waals surface area contributed by atoms with Gasteiger partial charge in [0.25, 0.3) is 11.8 Å². The highest BCUT2D eigenvalue weighted by atomic mass is 35.5. The van der Waals surface area contributed by atoms with Crippen LogP contribution in [0.3, 0.4) is 0 Å². The van der Waals surface area contributed by atoms with Crippen LogP contribution in [0.5, 0.6) is 11.5 Å². The van der Waals surface area contributed by atoms with Gasteiger partial charge in [-0.2, -0.15) is 5.26 Å². The van der Waals surface area contributed by atoms with Crippen molar-refractivity contribution in [1.82, 2.24) is 4.90 Å². The largest absolute Gasteiger partial charge is 0.490 e. The number of carbonyl (C=O) groups is 2. The summed E-state index contributed by atoms with van der Waals surface area (Å²) in [6, 6.07) is 14.5. The molecule has 1 aliphatic heterocycles. The number of hydrogen-bond acceptors (Lipinski definition) is 5. The van der Waals surface area contributed by atoms with Crippen molar-refractivity contribution in [3.63, 3.8) is 0 Å². The van der Waals surface area contributed by atoms with Crippen molar-refractivity contribution in [2.75, 3.05) is 13.2 Å². The van der Waals surface area contributed by atoms with E-state index in [1.165, 1.54) is 19.3 Å². The molecule has 2 aromatic carbocycles. The van der Waals surface area contributed by atoms with Crippen molar-refractivity contribution >= 4 is 29.5 Å². The minimum Gasteiger partial charge on any atom is -0.490 e. The summed E-state index contributed by atoms with van der Waals surface area (Å²) in [6.07, 6.45) is 7.41. The molecule has 0 fully saturated rings. The van der Waals surface area contributed by atoms with Crippen LogP contribution in [0.4, 0.5) is 0 Å². The van der Waals surface area contributed by atoms with Gasteiger partial charge in [0.05, 0.1) is 19.8 Å². The van der Waals surface area contributed by atoms with Gasteiger partial charge in [0.15, 0.2) is 11.5 Å². The van der Waals surface area contributed by atoms with Gasteiger partial charge in [-0.05, 0) is 61.2 Å². The van der Waals surface area contributed by atoms with Gasteiger partial charge >= 0.3 is 0 Å². The Bertz CT molecular complexity index is 1240. The molecule has 7 heteroatoms. The molecule has 0 saturated carbocycles. The fraction of sp³-hybridized carbons (Fsp3) is 0.367. The number of halogens is 1. The van der Waals surface area contributed by atoms with E-state index in [9.17, 15) is 14.9 Å². The first-order valence-corrected chi connectivity index (χ1v) is 13.1. The van der Waals surface area contributed by atoms with Gasteiger partial charge in [-0.3, -0.25) is 14.5 Å². The quantitative estimate of drug-likeness (QED) is 0.173. The number of carbonyl (C=O) groups excluding carboxylic acids is 2. The van der Waals surface area contributed by atoms with Crippen molar-refractivity contribution in [1.29, 1.82) is 5.26 Å². The average Bonchev–Trinajstić information content (AvgIpc) is 2.89. The molecule has 6 nitrogen and oxygen atoms in total. The van der Waals surface area contributed by atoms with Gasteiger partial charge in [0.1, 0.15) is 11.6 Å². The highest BCUT2D eigenvalue weighted by Crippen LogP contribution is 2.33. The second-order valence-corrected chi connectivity index (χ2v) is 9.27. The molecule has 2 amide bonds. The summed E-state index contributed by atoms with van der Waals surface area (Å²) in [5.74, 6) is 0.126. The number of rotatable bonds is 12. The van der Waals surface area contributed by atoms with Crippen LogP contribution in [-0.4, -0.2) is 29.9 Å². The molecule has 37 heavy (non-hydrogen) atoms. The number of nitrogens with zero attached hydrogens (tertiary/aromatic N) is 2. The number of hydrogen-bond donors (Lipinski definition) is 0. The predicted molar refractivity (Wildman–Crippen MR) is 145 cm³/mol. The molecule has 1 aliphatic rings. The number of unbranched alkanes of at least 4 members (excludes halogenated alkanes) is 4. The Balaban J connectivity index is 1.88. The van der Waals surface area contributed by atoms with Crippen LogP contribution in [0, 0.1) is 11.3 Å². The molecule has 0 radical (unpaired) electrons. The van der Waals surface area contributed by atoms with Crippen molar-refractivity contribution < 1.29 is 19.1 Å². The van der Waals surface area contributed by atoms with Crippen LogP contribution in [0.15, 0.2) is 59.2 Å². The van der Waals surface area contributed by atoms with E-state index in [2.05, 4.69) is 6.92 Å². The first kappa shape index (κ1) is 28.0. The maximum absolute atomic E-state index is 13.4. The molecule has 0 aliphatic carbocycles. The summed E-state index contributed by atoms with van der Waals surface area (Å²) in [5, 5.41) is 10.1. The number of benzene rings is 2. The van der Waals surface area contributed by atoms with Crippen LogP contribution >= 0.6 is 11.6 Å². The lowest BCUT2D eigenvalue weighted by Crippen LogP contribution is -2.42. The standard InChI is InChI=1S/C30H33ClN2O4/c1-4-6-7-8-11-16-37-27-15-14-22(18-28(27)36-5-2)17-24-21(3)25(19-32)30(35)33(29(24)34)20-23-12-9-10-13-26(23)31/h9-10,12-15,17-18H,4-8,11,16,20H2,1-3H3/b24-17+. The summed E-state index contributed by atoms with van der Waals surface area (Å²) in [4.78, 5) is 27.5. The Morgan fingerprint density at radius 3 is 2.43 bits per heavy atom. The molecule has 0 unspecified atom stereocenters. The summed E-state index contributed by atoms with van der Waals surface area (Å²) >= 11 is 6.27. The van der Waals surface area contributed by atoms with Gasteiger partial charge in [0.2, 0.25) is 0 Å².